The number of carbonyl (C=O) groups is 2. The van der Waals surface area contributed by atoms with E-state index in [-0.39, 0.29) is 18.7 Å². The number of amides is 1. The maximum Gasteiger partial charge on any atom is 0.303 e. The van der Waals surface area contributed by atoms with Gasteiger partial charge in [0.1, 0.15) is 0 Å². The first-order valence-corrected chi connectivity index (χ1v) is 8.37. The molecule has 0 aromatic heterocycles. The van der Waals surface area contributed by atoms with Gasteiger partial charge in [0.05, 0.1) is 6.42 Å². The summed E-state index contributed by atoms with van der Waals surface area (Å²) in [6.07, 6.45) is 9.16. The molecule has 1 heterocycles. The first-order valence-electron chi connectivity index (χ1n) is 8.37. The van der Waals surface area contributed by atoms with E-state index in [2.05, 4.69) is 10.2 Å². The van der Waals surface area contributed by atoms with E-state index in [0.29, 0.717) is 12.5 Å². The summed E-state index contributed by atoms with van der Waals surface area (Å²) < 4.78 is 0. The molecule has 1 aliphatic heterocycles. The fraction of sp³-hybridized carbons (Fsp3) is 0.875. The Morgan fingerprint density at radius 2 is 1.81 bits per heavy atom. The molecule has 1 saturated carbocycles. The number of piperidine rings is 1. The van der Waals surface area contributed by atoms with Crippen LogP contribution in [0.15, 0.2) is 0 Å². The van der Waals surface area contributed by atoms with E-state index in [1.165, 1.54) is 51.5 Å². The second-order valence-corrected chi connectivity index (χ2v) is 6.49. The molecule has 2 rings (SSSR count). The van der Waals surface area contributed by atoms with Gasteiger partial charge in [0, 0.05) is 25.6 Å². The summed E-state index contributed by atoms with van der Waals surface area (Å²) >= 11 is 0. The van der Waals surface area contributed by atoms with Crippen molar-refractivity contribution in [1.82, 2.24) is 10.2 Å². The van der Waals surface area contributed by atoms with Crippen LogP contribution in [0.4, 0.5) is 0 Å². The van der Waals surface area contributed by atoms with Gasteiger partial charge in [-0.25, -0.2) is 0 Å². The van der Waals surface area contributed by atoms with Crippen molar-refractivity contribution in [2.24, 2.45) is 5.92 Å². The highest BCUT2D eigenvalue weighted by molar-refractivity contribution is 5.80. The number of hydrogen-bond acceptors (Lipinski definition) is 3. The van der Waals surface area contributed by atoms with Gasteiger partial charge in [-0.05, 0) is 38.1 Å². The number of likely N-dealkylation sites (tertiary alicyclic amines) is 1. The Morgan fingerprint density at radius 1 is 1.05 bits per heavy atom. The van der Waals surface area contributed by atoms with Crippen LogP contribution in [0.2, 0.25) is 0 Å². The van der Waals surface area contributed by atoms with Crippen molar-refractivity contribution in [2.75, 3.05) is 19.6 Å². The Kier molecular flexibility index (Phi) is 6.49. The zero-order chi connectivity index (χ0) is 15.1. The van der Waals surface area contributed by atoms with E-state index in [1.807, 2.05) is 0 Å². The van der Waals surface area contributed by atoms with Crippen LogP contribution in [0.25, 0.3) is 0 Å². The molecule has 1 amide bonds. The zero-order valence-electron chi connectivity index (χ0n) is 12.9. The summed E-state index contributed by atoms with van der Waals surface area (Å²) in [6, 6.07) is 0.754. The molecular formula is C16H28N2O3. The minimum Gasteiger partial charge on any atom is -0.481 e. The highest BCUT2D eigenvalue weighted by Crippen LogP contribution is 2.26. The monoisotopic (exact) mass is 296 g/mol. The third-order valence-corrected chi connectivity index (χ3v) is 4.80. The van der Waals surface area contributed by atoms with Crippen LogP contribution in [0.5, 0.6) is 0 Å². The van der Waals surface area contributed by atoms with Gasteiger partial charge in [0.15, 0.2) is 0 Å². The topological polar surface area (TPSA) is 69.6 Å². The highest BCUT2D eigenvalue weighted by Gasteiger charge is 2.26. The van der Waals surface area contributed by atoms with Crippen molar-refractivity contribution in [1.29, 1.82) is 0 Å². The van der Waals surface area contributed by atoms with Crippen molar-refractivity contribution >= 4 is 11.9 Å². The molecule has 21 heavy (non-hydrogen) atoms. The predicted molar refractivity (Wildman–Crippen MR) is 81.0 cm³/mol. The van der Waals surface area contributed by atoms with Gasteiger partial charge in [-0.15, -0.1) is 0 Å². The third-order valence-electron chi connectivity index (χ3n) is 4.80. The van der Waals surface area contributed by atoms with Crippen LogP contribution in [0.1, 0.15) is 57.8 Å². The molecule has 120 valence electrons. The minimum absolute atomic E-state index is 0.0787. The average molecular weight is 296 g/mol. The summed E-state index contributed by atoms with van der Waals surface area (Å²) in [5.41, 5.74) is 0. The van der Waals surface area contributed by atoms with E-state index in [1.54, 1.807) is 0 Å². The minimum atomic E-state index is -0.911. The summed E-state index contributed by atoms with van der Waals surface area (Å²) in [4.78, 5) is 24.6. The van der Waals surface area contributed by atoms with Crippen molar-refractivity contribution < 1.29 is 14.7 Å². The molecule has 0 spiro atoms. The molecule has 0 aromatic carbocycles. The molecule has 2 N–H and O–H groups in total. The van der Waals surface area contributed by atoms with Crippen LogP contribution in [-0.2, 0) is 9.59 Å². The molecule has 1 aliphatic carbocycles. The molecule has 2 fully saturated rings. The lowest BCUT2D eigenvalue weighted by Gasteiger charge is -2.40. The lowest BCUT2D eigenvalue weighted by molar-refractivity contribution is -0.138. The normalized spacial score (nSPS) is 24.7. The number of carbonyl (C=O) groups excluding carboxylic acids is 1. The standard InChI is InChI=1S/C16H28N2O3/c19-15(8-9-16(20)21)17-11-13-5-4-10-18(12-13)14-6-2-1-3-7-14/h13-14H,1-12H2,(H,17,19)(H,20,21)/t13-/m0/s1. The third kappa shape index (κ3) is 5.65. The number of aliphatic carboxylic acids is 1. The quantitative estimate of drug-likeness (QED) is 0.786. The van der Waals surface area contributed by atoms with Gasteiger partial charge in [-0.3, -0.25) is 9.59 Å². The number of hydrogen-bond donors (Lipinski definition) is 2. The van der Waals surface area contributed by atoms with Crippen LogP contribution in [-0.4, -0.2) is 47.6 Å². The summed E-state index contributed by atoms with van der Waals surface area (Å²) in [5.74, 6) is -0.520. The maximum absolute atomic E-state index is 11.6. The summed E-state index contributed by atoms with van der Waals surface area (Å²) in [6.45, 7) is 2.99. The Morgan fingerprint density at radius 3 is 2.52 bits per heavy atom. The van der Waals surface area contributed by atoms with Crippen LogP contribution >= 0.6 is 0 Å². The van der Waals surface area contributed by atoms with Crippen molar-refractivity contribution in [3.63, 3.8) is 0 Å². The molecular weight excluding hydrogens is 268 g/mol. The lowest BCUT2D eigenvalue weighted by atomic mass is 9.90. The number of carboxylic acids is 1. The highest BCUT2D eigenvalue weighted by atomic mass is 16.4. The number of carboxylic acid groups (broad SMARTS) is 1. The van der Waals surface area contributed by atoms with Crippen LogP contribution in [0.3, 0.4) is 0 Å². The van der Waals surface area contributed by atoms with Gasteiger partial charge < -0.3 is 15.3 Å². The van der Waals surface area contributed by atoms with E-state index in [0.717, 1.165) is 12.6 Å². The SMILES string of the molecule is O=C(O)CCC(=O)NC[C@@H]1CCCN(C2CCCCC2)C1. The Labute approximate surface area is 127 Å². The van der Waals surface area contributed by atoms with Crippen molar-refractivity contribution in [3.05, 3.63) is 0 Å². The molecule has 0 aromatic rings. The van der Waals surface area contributed by atoms with Crippen LogP contribution < -0.4 is 5.32 Å². The molecule has 0 bridgehead atoms. The molecule has 2 aliphatic rings. The number of rotatable bonds is 6. The molecule has 1 saturated heterocycles. The second-order valence-electron chi connectivity index (χ2n) is 6.49. The fourth-order valence-electron chi connectivity index (χ4n) is 3.61. The molecule has 5 heteroatoms. The van der Waals surface area contributed by atoms with Crippen LogP contribution in [0, 0.1) is 5.92 Å². The van der Waals surface area contributed by atoms with Gasteiger partial charge in [0.2, 0.25) is 5.91 Å². The van der Waals surface area contributed by atoms with Gasteiger partial charge in [-0.2, -0.15) is 0 Å². The lowest BCUT2D eigenvalue weighted by Crippen LogP contribution is -2.46. The largest absolute Gasteiger partial charge is 0.481 e. The second kappa shape index (κ2) is 8.37. The van der Waals surface area contributed by atoms with Crippen molar-refractivity contribution in [2.45, 2.75) is 63.8 Å². The van der Waals surface area contributed by atoms with E-state index in [9.17, 15) is 9.59 Å². The van der Waals surface area contributed by atoms with E-state index >= 15 is 0 Å². The summed E-state index contributed by atoms with van der Waals surface area (Å²) in [5, 5.41) is 11.5. The van der Waals surface area contributed by atoms with Crippen molar-refractivity contribution in [3.8, 4) is 0 Å². The van der Waals surface area contributed by atoms with Gasteiger partial charge in [-0.1, -0.05) is 19.3 Å². The molecule has 1 atom stereocenters. The Balaban J connectivity index is 1.68. The summed E-state index contributed by atoms with van der Waals surface area (Å²) in [7, 11) is 0. The maximum atomic E-state index is 11.6. The Hall–Kier alpha value is -1.10. The predicted octanol–water partition coefficient (Wildman–Crippen LogP) is 2.01. The van der Waals surface area contributed by atoms with E-state index in [4.69, 9.17) is 5.11 Å². The smallest absolute Gasteiger partial charge is 0.303 e. The Bertz CT molecular complexity index is 353. The first-order chi connectivity index (χ1) is 10.1. The first kappa shape index (κ1) is 16.3. The molecule has 5 nitrogen and oxygen atoms in total. The fourth-order valence-corrected chi connectivity index (χ4v) is 3.61. The van der Waals surface area contributed by atoms with Gasteiger partial charge in [0.25, 0.3) is 0 Å². The average Bonchev–Trinajstić information content (AvgIpc) is 2.52. The molecule has 0 radical (unpaired) electrons. The van der Waals surface area contributed by atoms with Gasteiger partial charge >= 0.3 is 5.97 Å². The number of nitrogens with one attached hydrogen (secondary N) is 1. The van der Waals surface area contributed by atoms with E-state index < -0.39 is 5.97 Å². The molecule has 0 unspecified atom stereocenters. The number of nitrogens with zero attached hydrogens (tertiary/aromatic N) is 1. The zero-order valence-corrected chi connectivity index (χ0v) is 12.9.